The molecule has 1 aliphatic heterocycles. The molecular weight excluding hydrogens is 626 g/mol. The van der Waals surface area contributed by atoms with Crippen molar-refractivity contribution < 1.29 is 31.6 Å². The number of hydrogen-bond acceptors (Lipinski definition) is 6. The first-order valence-electron chi connectivity index (χ1n) is 15.8. The van der Waals surface area contributed by atoms with Gasteiger partial charge in [0.1, 0.15) is 21.9 Å². The van der Waals surface area contributed by atoms with Crippen LogP contribution in [0.3, 0.4) is 0 Å². The molecule has 4 unspecified atom stereocenters. The van der Waals surface area contributed by atoms with Gasteiger partial charge in [0.05, 0.1) is 5.69 Å². The molecule has 0 radical (unpaired) electrons. The van der Waals surface area contributed by atoms with Gasteiger partial charge < -0.3 is 19.5 Å². The fourth-order valence-electron chi connectivity index (χ4n) is 6.96. The number of carbonyl (C=O) groups excluding carboxylic acids is 1. The zero-order chi connectivity index (χ0) is 33.5. The van der Waals surface area contributed by atoms with E-state index in [9.17, 15) is 27.1 Å². The Labute approximate surface area is 272 Å². The lowest BCUT2D eigenvalue weighted by Crippen LogP contribution is -2.43. The highest BCUT2D eigenvalue weighted by Gasteiger charge is 2.43. The summed E-state index contributed by atoms with van der Waals surface area (Å²) in [5.74, 6) is -2.48. The third-order valence-electron chi connectivity index (χ3n) is 9.36. The number of carbonyl (C=O) groups is 1. The van der Waals surface area contributed by atoms with Gasteiger partial charge in [-0.3, -0.25) is 4.79 Å². The summed E-state index contributed by atoms with van der Waals surface area (Å²) in [6.07, 6.45) is 6.69. The van der Waals surface area contributed by atoms with Gasteiger partial charge >= 0.3 is 0 Å². The van der Waals surface area contributed by atoms with E-state index in [0.29, 0.717) is 43.0 Å². The predicted octanol–water partition coefficient (Wildman–Crippen LogP) is 6.78. The highest BCUT2D eigenvalue weighted by molar-refractivity contribution is 7.89. The molecule has 4 aromatic rings. The van der Waals surface area contributed by atoms with Crippen LogP contribution in [-0.4, -0.2) is 35.2 Å². The molecule has 2 aromatic heterocycles. The molecule has 1 saturated carbocycles. The number of sulfonamides is 1. The average Bonchev–Trinajstić information content (AvgIpc) is 3.67. The van der Waals surface area contributed by atoms with Crippen molar-refractivity contribution in [2.45, 2.75) is 76.0 Å². The third kappa shape index (κ3) is 6.54. The Hall–Kier alpha value is -4.13. The molecule has 4 atom stereocenters. The minimum absolute atomic E-state index is 0.000277. The number of nitrogens with one attached hydrogen (secondary N) is 2. The Morgan fingerprint density at radius 3 is 2.64 bits per heavy atom. The number of allylic oxidation sites excluding steroid dienone is 1. The number of aliphatic hydroxyl groups is 1. The molecule has 1 aliphatic carbocycles. The molecular formula is C35H38F2N4O5S. The lowest BCUT2D eigenvalue weighted by atomic mass is 9.85. The van der Waals surface area contributed by atoms with E-state index in [-0.39, 0.29) is 40.1 Å². The molecule has 1 fully saturated rings. The summed E-state index contributed by atoms with van der Waals surface area (Å²) in [6.45, 7) is 5.63. The molecule has 3 N–H and O–H groups in total. The van der Waals surface area contributed by atoms with E-state index < -0.39 is 39.2 Å². The molecule has 3 heterocycles. The first kappa shape index (κ1) is 32.8. The van der Waals surface area contributed by atoms with Gasteiger partial charge in [0.2, 0.25) is 10.0 Å². The van der Waals surface area contributed by atoms with Crippen molar-refractivity contribution in [1.82, 2.24) is 14.4 Å². The van der Waals surface area contributed by atoms with Crippen LogP contribution >= 0.6 is 0 Å². The molecule has 0 spiro atoms. The molecule has 0 bridgehead atoms. The maximum absolute atomic E-state index is 14.3. The van der Waals surface area contributed by atoms with Crippen LogP contribution in [0, 0.1) is 30.4 Å². The summed E-state index contributed by atoms with van der Waals surface area (Å²) >= 11 is 0. The van der Waals surface area contributed by atoms with Crippen LogP contribution in [0.5, 0.6) is 0 Å². The predicted molar refractivity (Wildman–Crippen MR) is 174 cm³/mol. The van der Waals surface area contributed by atoms with Crippen molar-refractivity contribution in [3.8, 4) is 11.3 Å². The summed E-state index contributed by atoms with van der Waals surface area (Å²) in [4.78, 5) is 13.6. The third-order valence-corrected chi connectivity index (χ3v) is 11.0. The van der Waals surface area contributed by atoms with Crippen molar-refractivity contribution in [1.29, 1.82) is 0 Å². The molecule has 47 heavy (non-hydrogen) atoms. The number of aromatic nitrogens is 2. The van der Waals surface area contributed by atoms with Crippen LogP contribution in [0.15, 0.2) is 70.1 Å². The Morgan fingerprint density at radius 1 is 1.13 bits per heavy atom. The maximum atomic E-state index is 14.3. The number of amides is 1. The van der Waals surface area contributed by atoms with Gasteiger partial charge in [-0.2, -0.15) is 0 Å². The molecule has 6 rings (SSSR count). The highest BCUT2D eigenvalue weighted by atomic mass is 32.2. The summed E-state index contributed by atoms with van der Waals surface area (Å²) < 4.78 is 66.1. The van der Waals surface area contributed by atoms with E-state index in [2.05, 4.69) is 15.2 Å². The standard InChI is InChI=1S/C35H38F2N4O5S/c1-21-13-14-24(20-35(3,43)30-19-29(46-39-30)23-10-6-4-7-11-23)31(21)40-47(44,45)33-22(2)32(41-17-9-5-8-12-28(33)41)34(42)38-25-15-16-26(36)27(37)18-25/h4,6-8,10-12,15-16,18-19,21,24,31,40,43H,5,9,13-14,17,20H2,1-3H3,(H,38,42). The van der Waals surface area contributed by atoms with Gasteiger partial charge in [-0.05, 0) is 76.0 Å². The number of halogens is 2. The lowest BCUT2D eigenvalue weighted by molar-refractivity contribution is 0.0200. The monoisotopic (exact) mass is 664 g/mol. The minimum atomic E-state index is -4.18. The highest BCUT2D eigenvalue weighted by Crippen LogP contribution is 2.41. The number of nitrogens with zero attached hydrogens (tertiary/aromatic N) is 2. The number of anilines is 1. The summed E-state index contributed by atoms with van der Waals surface area (Å²) in [7, 11) is -4.18. The lowest BCUT2D eigenvalue weighted by Gasteiger charge is -2.30. The van der Waals surface area contributed by atoms with E-state index in [1.807, 2.05) is 43.3 Å². The summed E-state index contributed by atoms with van der Waals surface area (Å²) in [5, 5.41) is 18.3. The van der Waals surface area contributed by atoms with Crippen LogP contribution in [0.2, 0.25) is 0 Å². The fourth-order valence-corrected chi connectivity index (χ4v) is 8.82. The number of benzene rings is 2. The quantitative estimate of drug-likeness (QED) is 0.181. The zero-order valence-electron chi connectivity index (χ0n) is 26.5. The Balaban J connectivity index is 1.28. The van der Waals surface area contributed by atoms with Crippen LogP contribution in [0.1, 0.15) is 73.4 Å². The van der Waals surface area contributed by atoms with Gasteiger partial charge in [-0.15, -0.1) is 0 Å². The van der Waals surface area contributed by atoms with Crippen molar-refractivity contribution in [3.63, 3.8) is 0 Å². The van der Waals surface area contributed by atoms with Crippen molar-refractivity contribution >= 4 is 27.7 Å². The van der Waals surface area contributed by atoms with Crippen LogP contribution in [-0.2, 0) is 22.2 Å². The van der Waals surface area contributed by atoms with Crippen LogP contribution < -0.4 is 10.0 Å². The molecule has 2 aliphatic rings. The van der Waals surface area contributed by atoms with Gasteiger partial charge in [0, 0.05) is 41.5 Å². The summed E-state index contributed by atoms with van der Waals surface area (Å²) in [5.41, 5.74) is 0.636. The topological polar surface area (TPSA) is 126 Å². The minimum Gasteiger partial charge on any atom is -0.384 e. The van der Waals surface area contributed by atoms with Gasteiger partial charge in [-0.1, -0.05) is 48.5 Å². The molecule has 1 amide bonds. The van der Waals surface area contributed by atoms with E-state index in [0.717, 1.165) is 24.1 Å². The van der Waals surface area contributed by atoms with E-state index in [1.165, 1.54) is 6.07 Å². The van der Waals surface area contributed by atoms with Gasteiger partial charge in [0.15, 0.2) is 17.4 Å². The molecule has 248 valence electrons. The van der Waals surface area contributed by atoms with Crippen LogP contribution in [0.25, 0.3) is 17.4 Å². The van der Waals surface area contributed by atoms with Crippen molar-refractivity contribution in [2.24, 2.45) is 11.8 Å². The normalized spacial score (nSPS) is 20.9. The number of hydrogen-bond donors (Lipinski definition) is 3. The maximum Gasteiger partial charge on any atom is 0.272 e. The number of fused-ring (bicyclic) bond motifs is 1. The second-order valence-electron chi connectivity index (χ2n) is 12.8. The van der Waals surface area contributed by atoms with Crippen LogP contribution in [0.4, 0.5) is 14.5 Å². The van der Waals surface area contributed by atoms with Gasteiger partial charge in [-0.25, -0.2) is 21.9 Å². The van der Waals surface area contributed by atoms with E-state index in [4.69, 9.17) is 4.52 Å². The Kier molecular flexibility index (Phi) is 8.94. The Bertz CT molecular complexity index is 1930. The largest absolute Gasteiger partial charge is 0.384 e. The Morgan fingerprint density at radius 2 is 1.89 bits per heavy atom. The SMILES string of the molecule is Cc1c(S(=O)(=O)NC2C(C)CCC2CC(C)(O)c2cc(-c3ccccc3)on2)c2n(c1C(=O)Nc1ccc(F)c(F)c1)CCCC=C2. The average molecular weight is 665 g/mol. The molecule has 9 nitrogen and oxygen atoms in total. The summed E-state index contributed by atoms with van der Waals surface area (Å²) in [6, 6.07) is 13.7. The molecule has 12 heteroatoms. The molecule has 0 saturated heterocycles. The second-order valence-corrected chi connectivity index (χ2v) is 14.5. The first-order chi connectivity index (χ1) is 22.4. The van der Waals surface area contributed by atoms with E-state index >= 15 is 0 Å². The molecule has 2 aromatic carbocycles. The van der Waals surface area contributed by atoms with Crippen molar-refractivity contribution in [3.05, 3.63) is 95.0 Å². The number of rotatable bonds is 9. The second kappa shape index (κ2) is 12.8. The smallest absolute Gasteiger partial charge is 0.272 e. The van der Waals surface area contributed by atoms with Crippen molar-refractivity contribution in [2.75, 3.05) is 5.32 Å². The van der Waals surface area contributed by atoms with Gasteiger partial charge in [0.25, 0.3) is 5.91 Å². The fraction of sp³-hybridized carbons (Fsp3) is 0.371. The van der Waals surface area contributed by atoms with E-state index in [1.54, 1.807) is 30.6 Å². The first-order valence-corrected chi connectivity index (χ1v) is 17.3. The zero-order valence-corrected chi connectivity index (χ0v) is 27.3.